The molecule has 27 heavy (non-hydrogen) atoms. The van der Waals surface area contributed by atoms with Gasteiger partial charge >= 0.3 is 0 Å². The predicted octanol–water partition coefficient (Wildman–Crippen LogP) is 3.88. The molecule has 0 amide bonds. The third kappa shape index (κ3) is 3.00. The SMILES string of the molecule is CC1CC2=CC(=O)CCC2C2CC[C@@]3(C)C(CC[C@@]3(O)C#CCCCO)C12. The molecule has 2 N–H and O–H groups in total. The maximum atomic E-state index is 11.9. The van der Waals surface area contributed by atoms with Gasteiger partial charge in [0.05, 0.1) is 0 Å². The molecule has 3 heteroatoms. The minimum absolute atomic E-state index is 0.125. The first kappa shape index (κ1) is 19.2. The van der Waals surface area contributed by atoms with Gasteiger partial charge in [0.2, 0.25) is 0 Å². The number of carbonyl (C=O) groups is 1. The molecule has 0 bridgehead atoms. The summed E-state index contributed by atoms with van der Waals surface area (Å²) in [6.45, 7) is 4.81. The summed E-state index contributed by atoms with van der Waals surface area (Å²) in [7, 11) is 0. The lowest BCUT2D eigenvalue weighted by Gasteiger charge is -2.56. The van der Waals surface area contributed by atoms with E-state index in [-0.39, 0.29) is 12.0 Å². The van der Waals surface area contributed by atoms with Gasteiger partial charge in [-0.05, 0) is 80.6 Å². The van der Waals surface area contributed by atoms with Crippen LogP contribution in [0.25, 0.3) is 0 Å². The quantitative estimate of drug-likeness (QED) is 0.573. The number of aliphatic hydroxyl groups excluding tert-OH is 1. The number of fused-ring (bicyclic) bond motifs is 5. The van der Waals surface area contributed by atoms with Gasteiger partial charge in [-0.25, -0.2) is 0 Å². The van der Waals surface area contributed by atoms with Crippen LogP contribution in [0, 0.1) is 46.8 Å². The van der Waals surface area contributed by atoms with E-state index in [4.69, 9.17) is 5.11 Å². The second-order valence-corrected chi connectivity index (χ2v) is 9.84. The van der Waals surface area contributed by atoms with Crippen LogP contribution < -0.4 is 0 Å². The highest BCUT2D eigenvalue weighted by Gasteiger charge is 2.63. The Morgan fingerprint density at radius 1 is 1.26 bits per heavy atom. The normalized spacial score (nSPS) is 45.9. The molecule has 0 aromatic carbocycles. The highest BCUT2D eigenvalue weighted by atomic mass is 16.3. The van der Waals surface area contributed by atoms with Crippen molar-refractivity contribution < 1.29 is 15.0 Å². The fourth-order valence-electron chi connectivity index (χ4n) is 7.19. The molecule has 0 aliphatic heterocycles. The topological polar surface area (TPSA) is 57.5 Å². The van der Waals surface area contributed by atoms with Crippen LogP contribution in [0.1, 0.15) is 71.6 Å². The van der Waals surface area contributed by atoms with Crippen LogP contribution in [-0.4, -0.2) is 28.2 Å². The van der Waals surface area contributed by atoms with Gasteiger partial charge in [-0.1, -0.05) is 25.3 Å². The molecule has 0 heterocycles. The second kappa shape index (κ2) is 7.05. The molecular weight excluding hydrogens is 336 g/mol. The molecule has 0 aromatic rings. The summed E-state index contributed by atoms with van der Waals surface area (Å²) in [5.41, 5.74) is 0.414. The van der Waals surface area contributed by atoms with Crippen molar-refractivity contribution in [2.24, 2.45) is 35.0 Å². The number of unbranched alkanes of at least 4 members (excludes halogenated alkanes) is 1. The van der Waals surface area contributed by atoms with Crippen LogP contribution in [-0.2, 0) is 4.79 Å². The molecule has 0 spiro atoms. The van der Waals surface area contributed by atoms with Crippen molar-refractivity contribution in [3.63, 3.8) is 0 Å². The molecular formula is C24H34O3. The van der Waals surface area contributed by atoms with E-state index in [0.717, 1.165) is 38.5 Å². The fraction of sp³-hybridized carbons (Fsp3) is 0.792. The van der Waals surface area contributed by atoms with E-state index in [1.807, 2.05) is 6.08 Å². The standard InChI is InChI=1S/C24H34O3/c1-16-14-17-15-18(26)6-7-19(17)20-8-11-23(2)21(22(16)20)9-12-24(23,27)10-4-3-5-13-25/h15-16,19-22,25,27H,3,5-9,11-14H2,1-2H3/t16?,19?,20?,21?,22?,23-,24-/m0/s1. The molecule has 4 aliphatic rings. The fourth-order valence-corrected chi connectivity index (χ4v) is 7.19. The zero-order valence-corrected chi connectivity index (χ0v) is 16.8. The molecule has 0 aromatic heterocycles. The van der Waals surface area contributed by atoms with E-state index in [1.165, 1.54) is 5.57 Å². The van der Waals surface area contributed by atoms with Crippen molar-refractivity contribution in [1.82, 2.24) is 0 Å². The number of aliphatic hydroxyl groups is 2. The average molecular weight is 371 g/mol. The predicted molar refractivity (Wildman–Crippen MR) is 106 cm³/mol. The maximum absolute atomic E-state index is 11.9. The van der Waals surface area contributed by atoms with E-state index in [9.17, 15) is 9.90 Å². The van der Waals surface area contributed by atoms with Crippen molar-refractivity contribution in [2.75, 3.05) is 6.61 Å². The Kier molecular flexibility index (Phi) is 5.02. The van der Waals surface area contributed by atoms with Crippen molar-refractivity contribution in [3.05, 3.63) is 11.6 Å². The smallest absolute Gasteiger partial charge is 0.155 e. The third-order valence-electron chi connectivity index (χ3n) is 8.55. The van der Waals surface area contributed by atoms with Gasteiger partial charge in [-0.15, -0.1) is 5.92 Å². The summed E-state index contributed by atoms with van der Waals surface area (Å²) < 4.78 is 0. The van der Waals surface area contributed by atoms with Crippen molar-refractivity contribution >= 4 is 5.78 Å². The summed E-state index contributed by atoms with van der Waals surface area (Å²) in [6, 6.07) is 0. The van der Waals surface area contributed by atoms with Crippen LogP contribution >= 0.6 is 0 Å². The Hall–Kier alpha value is -1.11. The van der Waals surface area contributed by atoms with Gasteiger partial charge in [0, 0.05) is 24.9 Å². The lowest BCUT2D eigenvalue weighted by atomic mass is 9.48. The molecule has 7 atom stereocenters. The van der Waals surface area contributed by atoms with E-state index in [1.54, 1.807) is 0 Å². The van der Waals surface area contributed by atoms with E-state index < -0.39 is 5.60 Å². The molecule has 0 saturated heterocycles. The molecule has 3 nitrogen and oxygen atoms in total. The molecule has 3 fully saturated rings. The lowest BCUT2D eigenvalue weighted by Crippen LogP contribution is -2.54. The minimum atomic E-state index is -0.879. The van der Waals surface area contributed by atoms with E-state index in [2.05, 4.69) is 25.7 Å². The monoisotopic (exact) mass is 370 g/mol. The first-order valence-electron chi connectivity index (χ1n) is 11.0. The molecule has 5 unspecified atom stereocenters. The summed E-state index contributed by atoms with van der Waals surface area (Å²) in [5.74, 6) is 9.75. The van der Waals surface area contributed by atoms with Gasteiger partial charge in [0.1, 0.15) is 5.60 Å². The first-order chi connectivity index (χ1) is 12.9. The largest absolute Gasteiger partial charge is 0.396 e. The first-order valence-corrected chi connectivity index (χ1v) is 11.0. The summed E-state index contributed by atoms with van der Waals surface area (Å²) >= 11 is 0. The van der Waals surface area contributed by atoms with Crippen molar-refractivity contribution in [2.45, 2.75) is 77.2 Å². The number of hydrogen-bond donors (Lipinski definition) is 2. The van der Waals surface area contributed by atoms with E-state index in [0.29, 0.717) is 54.6 Å². The zero-order valence-electron chi connectivity index (χ0n) is 16.8. The highest BCUT2D eigenvalue weighted by molar-refractivity contribution is 5.91. The van der Waals surface area contributed by atoms with Crippen LogP contribution in [0.2, 0.25) is 0 Å². The number of carbonyl (C=O) groups excluding carboxylic acids is 1. The average Bonchev–Trinajstić information content (AvgIpc) is 2.90. The maximum Gasteiger partial charge on any atom is 0.155 e. The number of ketones is 1. The van der Waals surface area contributed by atoms with Crippen LogP contribution in [0.3, 0.4) is 0 Å². The van der Waals surface area contributed by atoms with Gasteiger partial charge in [0.15, 0.2) is 5.78 Å². The van der Waals surface area contributed by atoms with Crippen molar-refractivity contribution in [1.29, 1.82) is 0 Å². The molecule has 148 valence electrons. The Labute approximate surface area is 163 Å². The van der Waals surface area contributed by atoms with Crippen LogP contribution in [0.5, 0.6) is 0 Å². The summed E-state index contributed by atoms with van der Waals surface area (Å²) in [4.78, 5) is 11.9. The van der Waals surface area contributed by atoms with Gasteiger partial charge in [-0.3, -0.25) is 4.79 Å². The summed E-state index contributed by atoms with van der Waals surface area (Å²) in [5, 5.41) is 20.5. The van der Waals surface area contributed by atoms with Gasteiger partial charge < -0.3 is 10.2 Å². The third-order valence-corrected chi connectivity index (χ3v) is 8.55. The van der Waals surface area contributed by atoms with Gasteiger partial charge in [-0.2, -0.15) is 0 Å². The highest BCUT2D eigenvalue weighted by Crippen LogP contribution is 2.65. The molecule has 4 aliphatic carbocycles. The van der Waals surface area contributed by atoms with Gasteiger partial charge in [0.25, 0.3) is 0 Å². The molecule has 0 radical (unpaired) electrons. The Balaban J connectivity index is 1.60. The summed E-state index contributed by atoms with van der Waals surface area (Å²) in [6.07, 6.45) is 10.2. The number of hydrogen-bond acceptors (Lipinski definition) is 3. The molecule has 3 saturated carbocycles. The Bertz CT molecular complexity index is 698. The second-order valence-electron chi connectivity index (χ2n) is 9.84. The minimum Gasteiger partial charge on any atom is -0.396 e. The van der Waals surface area contributed by atoms with Crippen LogP contribution in [0.15, 0.2) is 11.6 Å². The Morgan fingerprint density at radius 3 is 2.85 bits per heavy atom. The molecule has 4 rings (SSSR count). The van der Waals surface area contributed by atoms with E-state index >= 15 is 0 Å². The number of rotatable bonds is 2. The zero-order chi connectivity index (χ0) is 19.2. The number of allylic oxidation sites excluding steroid dienone is 1. The Morgan fingerprint density at radius 2 is 2.07 bits per heavy atom. The lowest BCUT2D eigenvalue weighted by molar-refractivity contribution is -0.117. The van der Waals surface area contributed by atoms with Crippen molar-refractivity contribution in [3.8, 4) is 11.8 Å². The van der Waals surface area contributed by atoms with Crippen LogP contribution in [0.4, 0.5) is 0 Å².